The van der Waals surface area contributed by atoms with Gasteiger partial charge in [0.25, 0.3) is 0 Å². The molecule has 0 aliphatic heterocycles. The molecule has 0 atom stereocenters. The third kappa shape index (κ3) is 3.86. The third-order valence-electron chi connectivity index (χ3n) is 2.77. The zero-order valence-electron chi connectivity index (χ0n) is 11.2. The van der Waals surface area contributed by atoms with Crippen molar-refractivity contribution in [2.75, 3.05) is 12.8 Å². The van der Waals surface area contributed by atoms with Gasteiger partial charge in [-0.2, -0.15) is 0 Å². The summed E-state index contributed by atoms with van der Waals surface area (Å²) >= 11 is 5.90. The van der Waals surface area contributed by atoms with Crippen molar-refractivity contribution in [2.24, 2.45) is 0 Å². The number of ether oxygens (including phenoxy) is 2. The smallest absolute Gasteiger partial charge is 0.338 e. The molecule has 0 heterocycles. The van der Waals surface area contributed by atoms with E-state index in [1.54, 1.807) is 6.07 Å². The maximum absolute atomic E-state index is 13.1. The summed E-state index contributed by atoms with van der Waals surface area (Å²) < 4.78 is 23.2. The van der Waals surface area contributed by atoms with Crippen LogP contribution in [0.5, 0.6) is 5.75 Å². The van der Waals surface area contributed by atoms with Gasteiger partial charge in [0.15, 0.2) is 0 Å². The van der Waals surface area contributed by atoms with E-state index < -0.39 is 11.8 Å². The first-order valence-corrected chi connectivity index (χ1v) is 6.43. The van der Waals surface area contributed by atoms with Gasteiger partial charge >= 0.3 is 5.97 Å². The van der Waals surface area contributed by atoms with Crippen LogP contribution in [0, 0.1) is 5.82 Å². The molecule has 0 saturated carbocycles. The van der Waals surface area contributed by atoms with E-state index in [9.17, 15) is 9.18 Å². The molecule has 2 aromatic rings. The van der Waals surface area contributed by atoms with Crippen LogP contribution in [0.4, 0.5) is 10.1 Å². The van der Waals surface area contributed by atoms with Crippen molar-refractivity contribution < 1.29 is 18.7 Å². The summed E-state index contributed by atoms with van der Waals surface area (Å²) in [6.45, 7) is -0.132. The molecule has 21 heavy (non-hydrogen) atoms. The van der Waals surface area contributed by atoms with E-state index in [4.69, 9.17) is 26.8 Å². The number of benzene rings is 2. The molecule has 0 amide bonds. The second-order valence-corrected chi connectivity index (χ2v) is 4.71. The summed E-state index contributed by atoms with van der Waals surface area (Å²) in [5.41, 5.74) is 6.68. The van der Waals surface area contributed by atoms with Crippen LogP contribution in [0.25, 0.3) is 0 Å². The molecule has 4 nitrogen and oxygen atoms in total. The largest absolute Gasteiger partial charge is 0.497 e. The second-order valence-electron chi connectivity index (χ2n) is 4.31. The zero-order chi connectivity index (χ0) is 15.4. The molecule has 6 heteroatoms. The van der Waals surface area contributed by atoms with Crippen molar-refractivity contribution in [3.8, 4) is 5.75 Å². The van der Waals surface area contributed by atoms with E-state index >= 15 is 0 Å². The number of carbonyl (C=O) groups is 1. The van der Waals surface area contributed by atoms with Crippen molar-refractivity contribution in [1.82, 2.24) is 0 Å². The Balaban J connectivity index is 2.11. The monoisotopic (exact) mass is 309 g/mol. The summed E-state index contributed by atoms with van der Waals surface area (Å²) in [7, 11) is 1.47. The van der Waals surface area contributed by atoms with E-state index in [-0.39, 0.29) is 12.2 Å². The number of hydrogen-bond donors (Lipinski definition) is 1. The quantitative estimate of drug-likeness (QED) is 0.694. The van der Waals surface area contributed by atoms with Crippen LogP contribution < -0.4 is 10.5 Å². The summed E-state index contributed by atoms with van der Waals surface area (Å²) in [5.74, 6) is -0.595. The van der Waals surface area contributed by atoms with Crippen LogP contribution in [0.2, 0.25) is 5.02 Å². The summed E-state index contributed by atoms with van der Waals surface area (Å²) in [6, 6.07) is 8.42. The molecule has 0 radical (unpaired) electrons. The average molecular weight is 310 g/mol. The molecule has 0 aliphatic carbocycles. The summed E-state index contributed by atoms with van der Waals surface area (Å²) in [4.78, 5) is 12.0. The van der Waals surface area contributed by atoms with Gasteiger partial charge < -0.3 is 15.2 Å². The maximum atomic E-state index is 13.1. The number of esters is 1. The van der Waals surface area contributed by atoms with Gasteiger partial charge in [-0.25, -0.2) is 9.18 Å². The Hall–Kier alpha value is -2.27. The molecule has 2 rings (SSSR count). The molecule has 2 aromatic carbocycles. The number of rotatable bonds is 4. The normalized spacial score (nSPS) is 10.2. The van der Waals surface area contributed by atoms with E-state index in [1.807, 2.05) is 0 Å². The van der Waals surface area contributed by atoms with Gasteiger partial charge in [0.05, 0.1) is 12.7 Å². The standard InChI is InChI=1S/C15H13ClFNO3/c1-20-13-6-9(5-12(18)7-13)15(19)21-8-10-4-11(17)2-3-14(10)16/h2-7H,8,18H2,1H3. The molecular formula is C15H13ClFNO3. The van der Waals surface area contributed by atoms with E-state index in [2.05, 4.69) is 0 Å². The van der Waals surface area contributed by atoms with Crippen molar-refractivity contribution in [1.29, 1.82) is 0 Å². The lowest BCUT2D eigenvalue weighted by Crippen LogP contribution is -2.07. The van der Waals surface area contributed by atoms with Crippen molar-refractivity contribution in [2.45, 2.75) is 6.61 Å². The van der Waals surface area contributed by atoms with Gasteiger partial charge in [-0.3, -0.25) is 0 Å². The van der Waals surface area contributed by atoms with Gasteiger partial charge in [0, 0.05) is 22.3 Å². The molecule has 110 valence electrons. The highest BCUT2D eigenvalue weighted by atomic mass is 35.5. The minimum atomic E-state index is -0.596. The van der Waals surface area contributed by atoms with Crippen molar-refractivity contribution >= 4 is 23.3 Å². The highest BCUT2D eigenvalue weighted by Gasteiger charge is 2.11. The fraction of sp³-hybridized carbons (Fsp3) is 0.133. The molecular weight excluding hydrogens is 297 g/mol. The predicted molar refractivity (Wildman–Crippen MR) is 77.9 cm³/mol. The Morgan fingerprint density at radius 1 is 1.29 bits per heavy atom. The van der Waals surface area contributed by atoms with Crippen LogP contribution in [0.3, 0.4) is 0 Å². The van der Waals surface area contributed by atoms with E-state index in [0.29, 0.717) is 22.0 Å². The number of anilines is 1. The van der Waals surface area contributed by atoms with Crippen LogP contribution >= 0.6 is 11.6 Å². The number of hydrogen-bond acceptors (Lipinski definition) is 4. The fourth-order valence-electron chi connectivity index (χ4n) is 1.74. The molecule has 2 N–H and O–H groups in total. The van der Waals surface area contributed by atoms with Crippen LogP contribution in [0.1, 0.15) is 15.9 Å². The molecule has 0 aliphatic rings. The van der Waals surface area contributed by atoms with E-state index in [1.165, 1.54) is 37.4 Å². The molecule has 0 unspecified atom stereocenters. The summed E-state index contributed by atoms with van der Waals surface area (Å²) in [6.07, 6.45) is 0. The lowest BCUT2D eigenvalue weighted by atomic mass is 10.2. The number of carbonyl (C=O) groups excluding carboxylic acids is 1. The molecule has 0 saturated heterocycles. The van der Waals surface area contributed by atoms with Crippen molar-refractivity contribution in [3.63, 3.8) is 0 Å². The lowest BCUT2D eigenvalue weighted by Gasteiger charge is -2.08. The van der Waals surface area contributed by atoms with Gasteiger partial charge in [-0.15, -0.1) is 0 Å². The molecule has 0 bridgehead atoms. The lowest BCUT2D eigenvalue weighted by molar-refractivity contribution is 0.0472. The van der Waals surface area contributed by atoms with Crippen LogP contribution in [0.15, 0.2) is 36.4 Å². The molecule has 0 fully saturated rings. The minimum absolute atomic E-state index is 0.132. The first-order valence-electron chi connectivity index (χ1n) is 6.05. The highest BCUT2D eigenvalue weighted by molar-refractivity contribution is 6.31. The Labute approximate surface area is 126 Å². The Morgan fingerprint density at radius 2 is 2.05 bits per heavy atom. The maximum Gasteiger partial charge on any atom is 0.338 e. The van der Waals surface area contributed by atoms with Gasteiger partial charge in [0.2, 0.25) is 0 Å². The van der Waals surface area contributed by atoms with Crippen molar-refractivity contribution in [3.05, 3.63) is 58.4 Å². The van der Waals surface area contributed by atoms with Gasteiger partial charge in [-0.1, -0.05) is 11.6 Å². The Morgan fingerprint density at radius 3 is 2.76 bits per heavy atom. The Bertz CT molecular complexity index is 676. The first-order chi connectivity index (χ1) is 9.99. The SMILES string of the molecule is COc1cc(N)cc(C(=O)OCc2cc(F)ccc2Cl)c1. The van der Waals surface area contributed by atoms with Crippen LogP contribution in [-0.4, -0.2) is 13.1 Å². The number of halogens is 2. The summed E-state index contributed by atoms with van der Waals surface area (Å²) in [5, 5.41) is 0.328. The van der Waals surface area contributed by atoms with Gasteiger partial charge in [0.1, 0.15) is 18.2 Å². The molecule has 0 spiro atoms. The predicted octanol–water partition coefficient (Wildman–Crippen LogP) is 3.43. The third-order valence-corrected chi connectivity index (χ3v) is 3.14. The topological polar surface area (TPSA) is 61.5 Å². The van der Waals surface area contributed by atoms with Crippen LogP contribution in [-0.2, 0) is 11.3 Å². The van der Waals surface area contributed by atoms with Gasteiger partial charge in [-0.05, 0) is 30.3 Å². The average Bonchev–Trinajstić information content (AvgIpc) is 2.47. The number of methoxy groups -OCH3 is 1. The minimum Gasteiger partial charge on any atom is -0.497 e. The number of nitrogen functional groups attached to an aromatic ring is 1. The first kappa shape index (κ1) is 15.1. The molecule has 0 aromatic heterocycles. The number of nitrogens with two attached hydrogens (primary N) is 1. The van der Waals surface area contributed by atoms with E-state index in [0.717, 1.165) is 0 Å². The second kappa shape index (κ2) is 6.45. The zero-order valence-corrected chi connectivity index (χ0v) is 12.0. The highest BCUT2D eigenvalue weighted by Crippen LogP contribution is 2.21. The Kier molecular flexibility index (Phi) is 4.65. The fourth-order valence-corrected chi connectivity index (χ4v) is 1.91.